The van der Waals surface area contributed by atoms with E-state index >= 15 is 0 Å². The molecule has 5 aromatic rings. The summed E-state index contributed by atoms with van der Waals surface area (Å²) in [4.78, 5) is 15.3. The Hall–Kier alpha value is -1.36. The molecule has 0 saturated heterocycles. The molecule has 2 N–H and O–H groups in total. The Morgan fingerprint density at radius 3 is 1.59 bits per heavy atom. The van der Waals surface area contributed by atoms with Crippen molar-refractivity contribution < 1.29 is 74.3 Å². The van der Waals surface area contributed by atoms with Gasteiger partial charge in [0.05, 0.1) is 11.0 Å². The number of benzene rings is 3. The summed E-state index contributed by atoms with van der Waals surface area (Å²) in [5.74, 6) is 0.928. The van der Waals surface area contributed by atoms with Gasteiger partial charge in [-0.25, -0.2) is 4.98 Å². The van der Waals surface area contributed by atoms with Gasteiger partial charge in [-0.1, -0.05) is 42.5 Å². The normalized spacial score (nSPS) is 9.17. The van der Waals surface area contributed by atoms with Crippen LogP contribution in [0, 0.1) is 0 Å². The molecule has 0 saturated carbocycles. The van der Waals surface area contributed by atoms with Gasteiger partial charge in [-0.05, 0) is 12.1 Å². The molecule has 2 heterocycles. The summed E-state index contributed by atoms with van der Waals surface area (Å²) in [6.07, 6.45) is 0. The number of para-hydroxylation sites is 4. The van der Waals surface area contributed by atoms with Gasteiger partial charge in [-0.2, -0.15) is 0 Å². The molecule has 29 heavy (non-hydrogen) atoms. The van der Waals surface area contributed by atoms with Crippen molar-refractivity contribution >= 4 is 25.6 Å². The first-order valence-electron chi connectivity index (χ1n) is 7.96. The van der Waals surface area contributed by atoms with E-state index in [2.05, 4.69) is 32.1 Å². The second-order valence-corrected chi connectivity index (χ2v) is 6.74. The van der Waals surface area contributed by atoms with Gasteiger partial charge >= 0.3 is 73.5 Å². The van der Waals surface area contributed by atoms with E-state index in [9.17, 15) is 0 Å². The van der Waals surface area contributed by atoms with Crippen molar-refractivity contribution in [2.75, 3.05) is 0 Å². The van der Waals surface area contributed by atoms with E-state index in [4.69, 9.17) is 0 Å². The number of rotatable bonds is 1. The van der Waals surface area contributed by atoms with E-state index < -0.39 is 0 Å². The number of H-pyrrole nitrogens is 2. The maximum atomic E-state index is 4.53. The fourth-order valence-corrected chi connectivity index (χ4v) is 3.27. The fraction of sp³-hybridized carbons (Fsp3) is 0. The zero-order valence-electron chi connectivity index (χ0n) is 14.9. The predicted octanol–water partition coefficient (Wildman–Crippen LogP) is -8.02. The molecule has 0 amide bonds. The zero-order chi connectivity index (χ0) is 17.1. The number of nitrogens with zero attached hydrogens (tertiary/aromatic N) is 2. The van der Waals surface area contributed by atoms with Crippen molar-refractivity contribution in [1.29, 1.82) is 0 Å². The van der Waals surface area contributed by atoms with E-state index in [-0.39, 0.29) is 49.6 Å². The second-order valence-electron chi connectivity index (χ2n) is 5.57. The van der Waals surface area contributed by atoms with Crippen molar-refractivity contribution in [3.63, 3.8) is 0 Å². The van der Waals surface area contributed by atoms with Gasteiger partial charge in [-0.3, -0.25) is 0 Å². The SMILES string of the molecule is [Cl-].[Cl-].[Cl-].[Cl-].[Zr+4][c]1nc2ccccc2[nH]1.c1ccc(-c2nc3ccccc3[nH]2)cc1. The average molecular weight is 544 g/mol. The predicted molar refractivity (Wildman–Crippen MR) is 97.3 cm³/mol. The molecule has 0 aliphatic heterocycles. The minimum atomic E-state index is 0. The first-order valence-corrected chi connectivity index (χ1v) is 9.19. The van der Waals surface area contributed by atoms with Crippen LogP contribution in [-0.2, 0) is 24.7 Å². The number of hydrogen-bond acceptors (Lipinski definition) is 2. The summed E-state index contributed by atoms with van der Waals surface area (Å²) in [7, 11) is 0. The third kappa shape index (κ3) is 6.84. The molecule has 5 rings (SSSR count). The van der Waals surface area contributed by atoms with E-state index in [1.807, 2.05) is 66.7 Å². The molecule has 0 aliphatic rings. The van der Waals surface area contributed by atoms with Crippen molar-refractivity contribution in [3.8, 4) is 11.4 Å². The molecule has 0 aliphatic carbocycles. The molecule has 4 nitrogen and oxygen atoms in total. The molecular weight excluding hydrogens is 529 g/mol. The summed E-state index contributed by atoms with van der Waals surface area (Å²) in [6, 6.07) is 26.3. The van der Waals surface area contributed by atoms with Crippen LogP contribution in [-0.4, -0.2) is 19.9 Å². The number of imidazole rings is 2. The Balaban J connectivity index is 0.000000502. The number of aromatic nitrogens is 4. The number of halogens is 4. The third-order valence-electron chi connectivity index (χ3n) is 3.83. The Bertz CT molecular complexity index is 1060. The molecular formula is C20H15Cl4N4Zr. The molecule has 0 radical (unpaired) electrons. The number of hydrogen-bond donors (Lipinski definition) is 2. The molecule has 0 bridgehead atoms. The van der Waals surface area contributed by atoms with E-state index in [1.165, 1.54) is 24.7 Å². The van der Waals surface area contributed by atoms with Gasteiger partial charge < -0.3 is 54.6 Å². The smallest absolute Gasteiger partial charge is 0.138 e. The summed E-state index contributed by atoms with van der Waals surface area (Å²) in [6.45, 7) is 0. The van der Waals surface area contributed by atoms with Gasteiger partial charge in [0.25, 0.3) is 0 Å². The Labute approximate surface area is 208 Å². The average Bonchev–Trinajstić information content (AvgIpc) is 3.25. The molecule has 3 aromatic carbocycles. The monoisotopic (exact) mass is 541 g/mol. The van der Waals surface area contributed by atoms with E-state index in [0.717, 1.165) is 37.0 Å². The minimum Gasteiger partial charge on any atom is -0.338 e. The van der Waals surface area contributed by atoms with Crippen LogP contribution in [0.25, 0.3) is 33.5 Å². The number of aromatic amines is 2. The first kappa shape index (κ1) is 27.6. The molecule has 0 fully saturated rings. The molecule has 0 spiro atoms. The van der Waals surface area contributed by atoms with Crippen LogP contribution in [0.3, 0.4) is 0 Å². The van der Waals surface area contributed by atoms with Crippen LogP contribution in [0.15, 0.2) is 78.9 Å². The quantitative estimate of drug-likeness (QED) is 0.221. The van der Waals surface area contributed by atoms with Crippen molar-refractivity contribution in [2.45, 2.75) is 0 Å². The fourth-order valence-electron chi connectivity index (χ4n) is 2.64. The van der Waals surface area contributed by atoms with Crippen LogP contribution in [0.4, 0.5) is 0 Å². The molecule has 2 aromatic heterocycles. The largest absolute Gasteiger partial charge is 0.338 e. The Morgan fingerprint density at radius 2 is 1.03 bits per heavy atom. The summed E-state index contributed by atoms with van der Waals surface area (Å²) < 4.78 is 1.06. The Morgan fingerprint density at radius 1 is 0.552 bits per heavy atom. The van der Waals surface area contributed by atoms with Crippen LogP contribution in [0.2, 0.25) is 0 Å². The van der Waals surface area contributed by atoms with Crippen molar-refractivity contribution in [2.24, 2.45) is 0 Å². The topological polar surface area (TPSA) is 57.4 Å². The zero-order valence-corrected chi connectivity index (χ0v) is 20.4. The van der Waals surface area contributed by atoms with E-state index in [0.29, 0.717) is 0 Å². The van der Waals surface area contributed by atoms with Gasteiger partial charge in [0.1, 0.15) is 5.82 Å². The van der Waals surface area contributed by atoms with Crippen LogP contribution in [0.5, 0.6) is 0 Å². The van der Waals surface area contributed by atoms with Gasteiger partial charge in [-0.15, -0.1) is 0 Å². The number of fused-ring (bicyclic) bond motifs is 2. The van der Waals surface area contributed by atoms with Crippen molar-refractivity contribution in [3.05, 3.63) is 78.9 Å². The van der Waals surface area contributed by atoms with Crippen LogP contribution in [0.1, 0.15) is 0 Å². The first-order chi connectivity index (χ1) is 12.3. The van der Waals surface area contributed by atoms with Crippen molar-refractivity contribution in [1.82, 2.24) is 19.9 Å². The summed E-state index contributed by atoms with van der Waals surface area (Å²) in [5.41, 5.74) is 5.41. The maximum Gasteiger partial charge on any atom is 0.138 e. The third-order valence-corrected chi connectivity index (χ3v) is 4.41. The molecule has 147 valence electrons. The Kier molecular flexibility index (Phi) is 12.4. The minimum absolute atomic E-state index is 0. The summed E-state index contributed by atoms with van der Waals surface area (Å²) >= 11 is 1.33. The standard InChI is InChI=1S/C13H10N2.C7H5N2.4ClH.Zr/c1-2-6-10(7-3-1)13-14-11-8-4-5-9-12(11)15-13;1-2-4-7-6(3-1)8-5-9-7;;;;;/h1-9H,(H,14,15);1-4H,(H,8,9);4*1H;/q;;;;;;+4/p-4. The summed E-state index contributed by atoms with van der Waals surface area (Å²) in [5, 5.41) is 0. The second kappa shape index (κ2) is 13.0. The van der Waals surface area contributed by atoms with Gasteiger partial charge in [0.2, 0.25) is 0 Å². The molecule has 9 heteroatoms. The van der Waals surface area contributed by atoms with E-state index in [1.54, 1.807) is 0 Å². The van der Waals surface area contributed by atoms with Gasteiger partial charge in [0, 0.05) is 5.56 Å². The van der Waals surface area contributed by atoms with Gasteiger partial charge in [0.15, 0.2) is 0 Å². The van der Waals surface area contributed by atoms with Crippen LogP contribution >= 0.6 is 0 Å². The number of nitrogens with one attached hydrogen (secondary N) is 2. The maximum absolute atomic E-state index is 4.53. The van der Waals surface area contributed by atoms with Crippen LogP contribution < -0.4 is 53.2 Å². The molecule has 0 unspecified atom stereocenters. The molecule has 0 atom stereocenters.